The average molecular weight is 292 g/mol. The molecule has 0 bridgehead atoms. The van der Waals surface area contributed by atoms with Crippen molar-refractivity contribution in [3.05, 3.63) is 30.3 Å². The van der Waals surface area contributed by atoms with Crippen LogP contribution in [0.5, 0.6) is 0 Å². The van der Waals surface area contributed by atoms with E-state index in [0.717, 1.165) is 24.9 Å². The molecule has 0 aromatic heterocycles. The number of hydrogen-bond donors (Lipinski definition) is 2. The molecule has 1 rings (SSSR count). The summed E-state index contributed by atoms with van der Waals surface area (Å²) < 4.78 is 5.12. The Morgan fingerprint density at radius 2 is 1.95 bits per heavy atom. The third kappa shape index (κ3) is 7.97. The largest absolute Gasteiger partial charge is 0.444 e. The molecule has 2 N–H and O–H groups in total. The van der Waals surface area contributed by atoms with Crippen molar-refractivity contribution in [3.63, 3.8) is 0 Å². The van der Waals surface area contributed by atoms with E-state index in [0.29, 0.717) is 6.42 Å². The summed E-state index contributed by atoms with van der Waals surface area (Å²) in [5, 5.41) is 5.82. The van der Waals surface area contributed by atoms with Gasteiger partial charge in [0.1, 0.15) is 11.9 Å². The Balaban J connectivity index is 2.25. The molecular formula is C16H24N2O3. The fourth-order valence-corrected chi connectivity index (χ4v) is 1.74. The summed E-state index contributed by atoms with van der Waals surface area (Å²) in [6, 6.07) is 9.32. The van der Waals surface area contributed by atoms with Gasteiger partial charge in [-0.05, 0) is 45.7 Å². The third-order valence-electron chi connectivity index (χ3n) is 2.66. The second-order valence-electron chi connectivity index (χ2n) is 5.82. The van der Waals surface area contributed by atoms with Crippen molar-refractivity contribution in [2.24, 2.45) is 0 Å². The number of anilines is 1. The molecule has 0 radical (unpaired) electrons. The molecule has 5 nitrogen and oxygen atoms in total. The van der Waals surface area contributed by atoms with Crippen molar-refractivity contribution in [1.29, 1.82) is 0 Å². The van der Waals surface area contributed by atoms with E-state index in [9.17, 15) is 9.59 Å². The molecular weight excluding hydrogens is 268 g/mol. The highest BCUT2D eigenvalue weighted by molar-refractivity contribution is 5.73. The molecule has 1 aromatic carbocycles. The number of carbonyl (C=O) groups excluding carboxylic acids is 2. The Hall–Kier alpha value is -2.04. The van der Waals surface area contributed by atoms with Gasteiger partial charge in [-0.2, -0.15) is 0 Å². The summed E-state index contributed by atoms with van der Waals surface area (Å²) in [4.78, 5) is 22.6. The van der Waals surface area contributed by atoms with E-state index in [1.54, 1.807) is 20.8 Å². The number of aldehydes is 1. The van der Waals surface area contributed by atoms with Crippen molar-refractivity contribution in [2.75, 3.05) is 11.9 Å². The lowest BCUT2D eigenvalue weighted by molar-refractivity contribution is -0.109. The minimum atomic E-state index is -0.563. The molecule has 21 heavy (non-hydrogen) atoms. The Morgan fingerprint density at radius 1 is 1.29 bits per heavy atom. The van der Waals surface area contributed by atoms with Crippen LogP contribution < -0.4 is 10.6 Å². The van der Waals surface area contributed by atoms with Gasteiger partial charge in [-0.1, -0.05) is 18.2 Å². The monoisotopic (exact) mass is 292 g/mol. The van der Waals surface area contributed by atoms with E-state index < -0.39 is 17.7 Å². The highest BCUT2D eigenvalue weighted by atomic mass is 16.6. The van der Waals surface area contributed by atoms with Gasteiger partial charge in [-0.3, -0.25) is 0 Å². The first-order valence-electron chi connectivity index (χ1n) is 7.14. The second kappa shape index (κ2) is 8.29. The predicted molar refractivity (Wildman–Crippen MR) is 83.4 cm³/mol. The Kier molecular flexibility index (Phi) is 6.72. The Labute approximate surface area is 126 Å². The van der Waals surface area contributed by atoms with E-state index in [1.807, 2.05) is 30.3 Å². The fourth-order valence-electron chi connectivity index (χ4n) is 1.74. The molecule has 0 heterocycles. The molecule has 116 valence electrons. The Morgan fingerprint density at radius 3 is 2.52 bits per heavy atom. The highest BCUT2D eigenvalue weighted by Crippen LogP contribution is 2.08. The number of nitrogens with one attached hydrogen (secondary N) is 2. The molecule has 0 aliphatic heterocycles. The van der Waals surface area contributed by atoms with Gasteiger partial charge in [0.25, 0.3) is 0 Å². The number of rotatable bonds is 7. The van der Waals surface area contributed by atoms with Gasteiger partial charge < -0.3 is 20.2 Å². The molecule has 1 amide bonds. The van der Waals surface area contributed by atoms with Crippen LogP contribution in [0.1, 0.15) is 33.6 Å². The standard InChI is InChI=1S/C16H24N2O3/c1-16(2,3)21-15(20)18-14(12-19)10-7-11-17-13-8-5-4-6-9-13/h4-6,8-9,12,14,17H,7,10-11H2,1-3H3,(H,18,20). The normalized spacial score (nSPS) is 12.3. The van der Waals surface area contributed by atoms with Crippen LogP contribution in [0.3, 0.4) is 0 Å². The van der Waals surface area contributed by atoms with Gasteiger partial charge in [0.15, 0.2) is 0 Å². The minimum absolute atomic E-state index is 0.516. The van der Waals surface area contributed by atoms with E-state index in [2.05, 4.69) is 10.6 Å². The van der Waals surface area contributed by atoms with Crippen LogP contribution in [0.15, 0.2) is 30.3 Å². The van der Waals surface area contributed by atoms with E-state index in [4.69, 9.17) is 4.74 Å². The average Bonchev–Trinajstić information content (AvgIpc) is 2.41. The van der Waals surface area contributed by atoms with Crippen LogP contribution >= 0.6 is 0 Å². The molecule has 0 aliphatic rings. The lowest BCUT2D eigenvalue weighted by atomic mass is 10.1. The van der Waals surface area contributed by atoms with Crippen LogP contribution in [-0.4, -0.2) is 30.6 Å². The third-order valence-corrected chi connectivity index (χ3v) is 2.66. The lowest BCUT2D eigenvalue weighted by Gasteiger charge is -2.21. The van der Waals surface area contributed by atoms with Crippen molar-refractivity contribution in [2.45, 2.75) is 45.3 Å². The predicted octanol–water partition coefficient (Wildman–Crippen LogP) is 2.97. The summed E-state index contributed by atoms with van der Waals surface area (Å²) >= 11 is 0. The van der Waals surface area contributed by atoms with Crippen molar-refractivity contribution in [3.8, 4) is 0 Å². The quantitative estimate of drug-likeness (QED) is 0.599. The van der Waals surface area contributed by atoms with Gasteiger partial charge >= 0.3 is 6.09 Å². The molecule has 1 aromatic rings. The van der Waals surface area contributed by atoms with Gasteiger partial charge in [-0.15, -0.1) is 0 Å². The summed E-state index contributed by atoms with van der Waals surface area (Å²) in [7, 11) is 0. The maximum Gasteiger partial charge on any atom is 0.408 e. The van der Waals surface area contributed by atoms with Crippen LogP contribution in [0.25, 0.3) is 0 Å². The van der Waals surface area contributed by atoms with Crippen molar-refractivity contribution >= 4 is 18.1 Å². The molecule has 0 saturated carbocycles. The first kappa shape index (κ1) is 17.0. The lowest BCUT2D eigenvalue weighted by Crippen LogP contribution is -2.40. The summed E-state index contributed by atoms with van der Waals surface area (Å²) in [6.45, 7) is 6.09. The number of alkyl carbamates (subject to hydrolysis) is 1. The van der Waals surface area contributed by atoms with Crippen LogP contribution in [0.4, 0.5) is 10.5 Å². The van der Waals surface area contributed by atoms with Crippen LogP contribution in [-0.2, 0) is 9.53 Å². The number of ether oxygens (including phenoxy) is 1. The highest BCUT2D eigenvalue weighted by Gasteiger charge is 2.18. The first-order chi connectivity index (χ1) is 9.90. The molecule has 1 unspecified atom stereocenters. The van der Waals surface area contributed by atoms with Crippen LogP contribution in [0, 0.1) is 0 Å². The molecule has 0 spiro atoms. The topological polar surface area (TPSA) is 67.4 Å². The molecule has 5 heteroatoms. The zero-order valence-corrected chi connectivity index (χ0v) is 12.9. The van der Waals surface area contributed by atoms with Crippen molar-refractivity contribution < 1.29 is 14.3 Å². The maximum absolute atomic E-state index is 11.6. The summed E-state index contributed by atoms with van der Waals surface area (Å²) in [5.74, 6) is 0. The van der Waals surface area contributed by atoms with E-state index in [1.165, 1.54) is 0 Å². The van der Waals surface area contributed by atoms with Gasteiger partial charge in [-0.25, -0.2) is 4.79 Å². The summed E-state index contributed by atoms with van der Waals surface area (Å²) in [5.41, 5.74) is 0.479. The number of hydrogen-bond acceptors (Lipinski definition) is 4. The van der Waals surface area contributed by atoms with Gasteiger partial charge in [0.05, 0.1) is 6.04 Å². The molecule has 0 saturated heterocycles. The maximum atomic E-state index is 11.6. The molecule has 0 aliphatic carbocycles. The number of carbonyl (C=O) groups is 2. The minimum Gasteiger partial charge on any atom is -0.444 e. The van der Waals surface area contributed by atoms with Crippen molar-refractivity contribution in [1.82, 2.24) is 5.32 Å². The van der Waals surface area contributed by atoms with Gasteiger partial charge in [0, 0.05) is 12.2 Å². The summed E-state index contributed by atoms with van der Waals surface area (Å²) in [6.07, 6.45) is 1.53. The first-order valence-corrected chi connectivity index (χ1v) is 7.14. The van der Waals surface area contributed by atoms with E-state index >= 15 is 0 Å². The second-order valence-corrected chi connectivity index (χ2v) is 5.82. The molecule has 0 fully saturated rings. The van der Waals surface area contributed by atoms with E-state index in [-0.39, 0.29) is 0 Å². The van der Waals surface area contributed by atoms with Crippen LogP contribution in [0.2, 0.25) is 0 Å². The number of amides is 1. The number of benzene rings is 1. The SMILES string of the molecule is CC(C)(C)OC(=O)NC(C=O)CCCNc1ccccc1. The smallest absolute Gasteiger partial charge is 0.408 e. The van der Waals surface area contributed by atoms with Gasteiger partial charge in [0.2, 0.25) is 0 Å². The zero-order valence-electron chi connectivity index (χ0n) is 12.9. The molecule has 1 atom stereocenters. The zero-order chi connectivity index (χ0) is 15.7. The Bertz CT molecular complexity index is 441. The fraction of sp³-hybridized carbons (Fsp3) is 0.500. The number of para-hydroxylation sites is 1.